The first-order valence-corrected chi connectivity index (χ1v) is 4.17. The molecule has 1 aliphatic rings. The number of likely N-dealkylation sites (tertiary alicyclic amines) is 1. The minimum atomic E-state index is -1.03. The number of rotatable bonds is 1. The van der Waals surface area contributed by atoms with Gasteiger partial charge in [-0.2, -0.15) is 0 Å². The summed E-state index contributed by atoms with van der Waals surface area (Å²) >= 11 is 0. The number of carbonyl (C=O) groups is 1. The van der Waals surface area contributed by atoms with Gasteiger partial charge < -0.3 is 10.0 Å². The van der Waals surface area contributed by atoms with Crippen molar-refractivity contribution in [3.8, 4) is 11.8 Å². The van der Waals surface area contributed by atoms with Gasteiger partial charge in [0.2, 0.25) is 0 Å². The summed E-state index contributed by atoms with van der Waals surface area (Å²) in [5.74, 6) is 4.39. The molecule has 1 heterocycles. The lowest BCUT2D eigenvalue weighted by atomic mass is 10.2. The smallest absolute Gasteiger partial charge is 0.298 e. The first-order chi connectivity index (χ1) is 6.19. The molecular formula is C9H12FNO2. The number of carbonyl (C=O) groups excluding carboxylic acids is 1. The zero-order valence-corrected chi connectivity index (χ0v) is 7.46. The molecule has 1 amide bonds. The molecule has 1 N–H and O–H groups in total. The first kappa shape index (κ1) is 10.0. The summed E-state index contributed by atoms with van der Waals surface area (Å²) in [6, 6.07) is -0.400. The SMILES string of the molecule is CC#CC(=O)N1C[C@@H](F)C[C@H]1CO. The maximum atomic E-state index is 12.9. The van der Waals surface area contributed by atoms with E-state index in [0.29, 0.717) is 0 Å². The van der Waals surface area contributed by atoms with Crippen LogP contribution in [0.2, 0.25) is 0 Å². The van der Waals surface area contributed by atoms with Gasteiger partial charge in [0, 0.05) is 6.42 Å². The van der Waals surface area contributed by atoms with Gasteiger partial charge >= 0.3 is 0 Å². The number of aliphatic hydroxyl groups excluding tert-OH is 1. The van der Waals surface area contributed by atoms with Crippen LogP contribution in [0, 0.1) is 11.8 Å². The largest absolute Gasteiger partial charge is 0.394 e. The van der Waals surface area contributed by atoms with Crippen molar-refractivity contribution in [1.82, 2.24) is 4.90 Å². The van der Waals surface area contributed by atoms with Gasteiger partial charge in [-0.05, 0) is 12.8 Å². The molecule has 0 unspecified atom stereocenters. The lowest BCUT2D eigenvalue weighted by Gasteiger charge is -2.19. The van der Waals surface area contributed by atoms with Crippen LogP contribution in [0.25, 0.3) is 0 Å². The van der Waals surface area contributed by atoms with Gasteiger partial charge in [0.25, 0.3) is 5.91 Å². The molecule has 1 aliphatic heterocycles. The van der Waals surface area contributed by atoms with E-state index in [9.17, 15) is 9.18 Å². The third kappa shape index (κ3) is 2.19. The van der Waals surface area contributed by atoms with Crippen LogP contribution >= 0.6 is 0 Å². The molecule has 0 aromatic heterocycles. The molecule has 72 valence electrons. The normalized spacial score (nSPS) is 26.8. The van der Waals surface area contributed by atoms with Crippen LogP contribution in [-0.2, 0) is 4.79 Å². The lowest BCUT2D eigenvalue weighted by molar-refractivity contribution is -0.126. The predicted octanol–water partition coefficient (Wildman–Crippen LogP) is -0.0590. The van der Waals surface area contributed by atoms with Gasteiger partial charge in [-0.25, -0.2) is 4.39 Å². The van der Waals surface area contributed by atoms with Crippen molar-refractivity contribution in [2.45, 2.75) is 25.6 Å². The maximum absolute atomic E-state index is 12.9. The summed E-state index contributed by atoms with van der Waals surface area (Å²) in [4.78, 5) is 12.5. The highest BCUT2D eigenvalue weighted by Crippen LogP contribution is 2.19. The number of nitrogens with zero attached hydrogens (tertiary/aromatic N) is 1. The second-order valence-corrected chi connectivity index (χ2v) is 3.00. The predicted molar refractivity (Wildman–Crippen MR) is 45.5 cm³/mol. The summed E-state index contributed by atoms with van der Waals surface area (Å²) in [6.45, 7) is 1.41. The van der Waals surface area contributed by atoms with Gasteiger partial charge in [0.1, 0.15) is 6.17 Å². The molecule has 3 nitrogen and oxygen atoms in total. The second-order valence-electron chi connectivity index (χ2n) is 3.00. The number of aliphatic hydroxyl groups is 1. The van der Waals surface area contributed by atoms with Crippen LogP contribution < -0.4 is 0 Å². The highest BCUT2D eigenvalue weighted by atomic mass is 19.1. The quantitative estimate of drug-likeness (QED) is 0.581. The van der Waals surface area contributed by atoms with Gasteiger partial charge in [0.15, 0.2) is 0 Å². The van der Waals surface area contributed by atoms with Crippen molar-refractivity contribution in [3.63, 3.8) is 0 Å². The van der Waals surface area contributed by atoms with Gasteiger partial charge in [-0.3, -0.25) is 4.79 Å². The highest BCUT2D eigenvalue weighted by Gasteiger charge is 2.33. The molecule has 1 saturated heterocycles. The van der Waals surface area contributed by atoms with E-state index in [0.717, 1.165) is 0 Å². The molecule has 0 saturated carbocycles. The van der Waals surface area contributed by atoms with E-state index in [2.05, 4.69) is 11.8 Å². The van der Waals surface area contributed by atoms with E-state index < -0.39 is 18.1 Å². The van der Waals surface area contributed by atoms with Crippen LogP contribution in [0.3, 0.4) is 0 Å². The Bertz CT molecular complexity index is 256. The lowest BCUT2D eigenvalue weighted by Crippen LogP contribution is -2.37. The van der Waals surface area contributed by atoms with E-state index in [1.165, 1.54) is 4.90 Å². The zero-order chi connectivity index (χ0) is 9.84. The van der Waals surface area contributed by atoms with Crippen LogP contribution in [0.1, 0.15) is 13.3 Å². The van der Waals surface area contributed by atoms with Crippen molar-refractivity contribution >= 4 is 5.91 Å². The van der Waals surface area contributed by atoms with Gasteiger partial charge in [-0.15, -0.1) is 0 Å². The minimum absolute atomic E-state index is 0.0543. The number of hydrogen-bond donors (Lipinski definition) is 1. The standard InChI is InChI=1S/C9H12FNO2/c1-2-3-9(13)11-5-7(10)4-8(11)6-12/h7-8,12H,4-6H2,1H3/t7-,8-/m0/s1. The highest BCUT2D eigenvalue weighted by molar-refractivity contribution is 5.93. The van der Waals surface area contributed by atoms with Crippen molar-refractivity contribution in [1.29, 1.82) is 0 Å². The molecule has 0 aromatic rings. The molecule has 1 fully saturated rings. The van der Waals surface area contributed by atoms with Crippen molar-refractivity contribution in [3.05, 3.63) is 0 Å². The Hall–Kier alpha value is -1.08. The minimum Gasteiger partial charge on any atom is -0.394 e. The van der Waals surface area contributed by atoms with Crippen LogP contribution in [0.15, 0.2) is 0 Å². The Morgan fingerprint density at radius 2 is 2.46 bits per heavy atom. The van der Waals surface area contributed by atoms with Crippen LogP contribution in [-0.4, -0.2) is 41.3 Å². The number of hydrogen-bond acceptors (Lipinski definition) is 2. The van der Waals surface area contributed by atoms with Crippen molar-refractivity contribution in [2.24, 2.45) is 0 Å². The maximum Gasteiger partial charge on any atom is 0.298 e. The molecule has 13 heavy (non-hydrogen) atoms. The van der Waals surface area contributed by atoms with Crippen LogP contribution in [0.4, 0.5) is 4.39 Å². The Balaban J connectivity index is 2.66. The third-order valence-electron chi connectivity index (χ3n) is 2.07. The molecule has 2 atom stereocenters. The number of halogens is 1. The van der Waals surface area contributed by atoms with E-state index in [1.54, 1.807) is 6.92 Å². The molecule has 4 heteroatoms. The molecule has 0 aromatic carbocycles. The fraction of sp³-hybridized carbons (Fsp3) is 0.667. The average molecular weight is 185 g/mol. The summed E-state index contributed by atoms with van der Waals surface area (Å²) in [5.41, 5.74) is 0. The summed E-state index contributed by atoms with van der Waals surface area (Å²) < 4.78 is 12.9. The Kier molecular flexibility index (Phi) is 3.26. The molecular weight excluding hydrogens is 173 g/mol. The molecule has 1 rings (SSSR count). The fourth-order valence-corrected chi connectivity index (χ4v) is 1.46. The average Bonchev–Trinajstić information content (AvgIpc) is 2.47. The number of alkyl halides is 1. The van der Waals surface area contributed by atoms with Gasteiger partial charge in [0.05, 0.1) is 19.2 Å². The Morgan fingerprint density at radius 3 is 3.00 bits per heavy atom. The van der Waals surface area contributed by atoms with E-state index in [-0.39, 0.29) is 19.6 Å². The van der Waals surface area contributed by atoms with Crippen LogP contribution in [0.5, 0.6) is 0 Å². The molecule has 0 radical (unpaired) electrons. The van der Waals surface area contributed by atoms with Crippen molar-refractivity contribution < 1.29 is 14.3 Å². The first-order valence-electron chi connectivity index (χ1n) is 4.17. The summed E-state index contributed by atoms with van der Waals surface area (Å²) in [6.07, 6.45) is -0.812. The molecule has 0 aliphatic carbocycles. The zero-order valence-electron chi connectivity index (χ0n) is 7.46. The fourth-order valence-electron chi connectivity index (χ4n) is 1.46. The topological polar surface area (TPSA) is 40.5 Å². The third-order valence-corrected chi connectivity index (χ3v) is 2.07. The van der Waals surface area contributed by atoms with Crippen molar-refractivity contribution in [2.75, 3.05) is 13.2 Å². The van der Waals surface area contributed by atoms with E-state index >= 15 is 0 Å². The summed E-state index contributed by atoms with van der Waals surface area (Å²) in [5, 5.41) is 8.86. The monoisotopic (exact) mass is 185 g/mol. The second kappa shape index (κ2) is 4.24. The summed E-state index contributed by atoms with van der Waals surface area (Å²) in [7, 11) is 0. The van der Waals surface area contributed by atoms with E-state index in [1.807, 2.05) is 0 Å². The van der Waals surface area contributed by atoms with Gasteiger partial charge in [-0.1, -0.05) is 5.92 Å². The molecule has 0 spiro atoms. The van der Waals surface area contributed by atoms with E-state index in [4.69, 9.17) is 5.11 Å². The Labute approximate surface area is 76.5 Å². The molecule has 0 bridgehead atoms. The number of amides is 1. The Morgan fingerprint density at radius 1 is 1.77 bits per heavy atom.